The number of hydrogen-bond acceptors (Lipinski definition) is 3. The third-order valence-electron chi connectivity index (χ3n) is 5.14. The maximum absolute atomic E-state index is 12.6. The summed E-state index contributed by atoms with van der Waals surface area (Å²) in [4.78, 5) is 14.6. The van der Waals surface area contributed by atoms with Crippen molar-refractivity contribution in [3.05, 3.63) is 47.7 Å². The van der Waals surface area contributed by atoms with E-state index in [1.54, 1.807) is 6.07 Å². The average Bonchev–Trinajstić information content (AvgIpc) is 3.29. The number of carbonyl (C=O) groups is 1. The predicted octanol–water partition coefficient (Wildman–Crippen LogP) is 3.22. The zero-order chi connectivity index (χ0) is 15.8. The van der Waals surface area contributed by atoms with Gasteiger partial charge in [-0.05, 0) is 36.0 Å². The van der Waals surface area contributed by atoms with Crippen molar-refractivity contribution in [2.24, 2.45) is 11.8 Å². The number of rotatable bonds is 3. The van der Waals surface area contributed by atoms with Gasteiger partial charge in [-0.3, -0.25) is 4.79 Å². The first kappa shape index (κ1) is 17.1. The van der Waals surface area contributed by atoms with Gasteiger partial charge in [0.2, 0.25) is 0 Å². The highest BCUT2D eigenvalue weighted by atomic mass is 35.5. The summed E-state index contributed by atoms with van der Waals surface area (Å²) in [6.07, 6.45) is 1.02. The third kappa shape index (κ3) is 3.08. The highest BCUT2D eigenvalue weighted by Gasteiger charge is 2.38. The van der Waals surface area contributed by atoms with Crippen molar-refractivity contribution < 1.29 is 9.21 Å². The summed E-state index contributed by atoms with van der Waals surface area (Å²) >= 11 is 0. The lowest BCUT2D eigenvalue weighted by Crippen LogP contribution is -2.31. The Hall–Kier alpha value is -1.78. The molecule has 1 aromatic carbocycles. The summed E-state index contributed by atoms with van der Waals surface area (Å²) in [6, 6.07) is 12.0. The zero-order valence-electron chi connectivity index (χ0n) is 13.8. The van der Waals surface area contributed by atoms with E-state index in [0.29, 0.717) is 17.6 Å². The summed E-state index contributed by atoms with van der Waals surface area (Å²) < 4.78 is 5.83. The van der Waals surface area contributed by atoms with E-state index in [-0.39, 0.29) is 18.3 Å². The molecule has 1 aromatic heterocycles. The van der Waals surface area contributed by atoms with Crippen LogP contribution in [-0.4, -0.2) is 37.0 Å². The van der Waals surface area contributed by atoms with E-state index in [9.17, 15) is 4.79 Å². The topological polar surface area (TPSA) is 45.5 Å². The van der Waals surface area contributed by atoms with Crippen molar-refractivity contribution >= 4 is 18.3 Å². The fourth-order valence-corrected chi connectivity index (χ4v) is 3.69. The number of amides is 1. The van der Waals surface area contributed by atoms with Crippen LogP contribution in [0.4, 0.5) is 0 Å². The van der Waals surface area contributed by atoms with E-state index in [1.807, 2.05) is 11.0 Å². The molecule has 4 rings (SSSR count). The van der Waals surface area contributed by atoms with Gasteiger partial charge in [0.25, 0.3) is 5.91 Å². The van der Waals surface area contributed by atoms with Crippen LogP contribution in [0, 0.1) is 11.8 Å². The van der Waals surface area contributed by atoms with Crippen molar-refractivity contribution in [1.82, 2.24) is 10.2 Å². The van der Waals surface area contributed by atoms with Gasteiger partial charge in [0, 0.05) is 31.7 Å². The molecule has 5 heteroatoms. The Kier molecular flexibility index (Phi) is 4.97. The van der Waals surface area contributed by atoms with Gasteiger partial charge < -0.3 is 14.6 Å². The molecule has 2 aliphatic rings. The first-order valence-corrected chi connectivity index (χ1v) is 8.43. The molecule has 1 N–H and O–H groups in total. The second-order valence-electron chi connectivity index (χ2n) is 6.60. The normalized spacial score (nSPS) is 22.3. The lowest BCUT2D eigenvalue weighted by molar-refractivity contribution is 0.0751. The number of aryl methyl sites for hydroxylation is 1. The monoisotopic (exact) mass is 346 g/mol. The highest BCUT2D eigenvalue weighted by Crippen LogP contribution is 2.29. The minimum absolute atomic E-state index is 0. The van der Waals surface area contributed by atoms with Crippen LogP contribution in [0.2, 0.25) is 0 Å². The molecular weight excluding hydrogens is 324 g/mol. The molecule has 2 aliphatic heterocycles. The number of nitrogens with zero attached hydrogens (tertiary/aromatic N) is 1. The van der Waals surface area contributed by atoms with Gasteiger partial charge in [-0.25, -0.2) is 0 Å². The summed E-state index contributed by atoms with van der Waals surface area (Å²) in [5, 5.41) is 3.40. The molecule has 3 heterocycles. The number of likely N-dealkylation sites (tertiary alicyclic amines) is 1. The van der Waals surface area contributed by atoms with E-state index in [2.05, 4.69) is 36.5 Å². The molecule has 0 radical (unpaired) electrons. The second-order valence-corrected chi connectivity index (χ2v) is 6.60. The number of halogens is 1. The van der Waals surface area contributed by atoms with Gasteiger partial charge in [-0.15, -0.1) is 12.4 Å². The van der Waals surface area contributed by atoms with Crippen LogP contribution in [0.5, 0.6) is 0 Å². The maximum Gasteiger partial charge on any atom is 0.289 e. The number of benzene rings is 1. The zero-order valence-corrected chi connectivity index (χ0v) is 14.6. The molecule has 2 saturated heterocycles. The van der Waals surface area contributed by atoms with Crippen LogP contribution < -0.4 is 5.32 Å². The second kappa shape index (κ2) is 6.99. The summed E-state index contributed by atoms with van der Waals surface area (Å²) in [7, 11) is 0. The van der Waals surface area contributed by atoms with E-state index < -0.39 is 0 Å². The molecule has 128 valence electrons. The Morgan fingerprint density at radius 1 is 1.12 bits per heavy atom. The molecule has 1 amide bonds. The molecule has 0 spiro atoms. The van der Waals surface area contributed by atoms with Crippen LogP contribution in [0.25, 0.3) is 11.3 Å². The van der Waals surface area contributed by atoms with E-state index in [4.69, 9.17) is 4.42 Å². The van der Waals surface area contributed by atoms with E-state index >= 15 is 0 Å². The summed E-state index contributed by atoms with van der Waals surface area (Å²) in [6.45, 7) is 5.89. The van der Waals surface area contributed by atoms with Crippen molar-refractivity contribution in [2.45, 2.75) is 13.3 Å². The van der Waals surface area contributed by atoms with Gasteiger partial charge in [-0.2, -0.15) is 0 Å². The fourth-order valence-electron chi connectivity index (χ4n) is 3.69. The highest BCUT2D eigenvalue weighted by molar-refractivity contribution is 5.92. The van der Waals surface area contributed by atoms with Crippen molar-refractivity contribution in [1.29, 1.82) is 0 Å². The smallest absolute Gasteiger partial charge is 0.289 e. The van der Waals surface area contributed by atoms with Crippen LogP contribution in [0.1, 0.15) is 23.0 Å². The maximum atomic E-state index is 12.6. The first-order chi connectivity index (χ1) is 11.2. The Balaban J connectivity index is 0.00000169. The van der Waals surface area contributed by atoms with Crippen LogP contribution in [0.15, 0.2) is 40.8 Å². The summed E-state index contributed by atoms with van der Waals surface area (Å²) in [5.41, 5.74) is 2.32. The van der Waals surface area contributed by atoms with Gasteiger partial charge in [0.15, 0.2) is 5.76 Å². The van der Waals surface area contributed by atoms with Crippen molar-refractivity contribution in [2.75, 3.05) is 26.2 Å². The summed E-state index contributed by atoms with van der Waals surface area (Å²) in [5.74, 6) is 2.45. The molecule has 2 fully saturated rings. The average molecular weight is 347 g/mol. The van der Waals surface area contributed by atoms with Crippen LogP contribution in [-0.2, 0) is 6.42 Å². The quantitative estimate of drug-likeness (QED) is 0.928. The van der Waals surface area contributed by atoms with E-state index in [0.717, 1.165) is 43.9 Å². The number of carbonyl (C=O) groups excluding carboxylic acids is 1. The third-order valence-corrected chi connectivity index (χ3v) is 5.14. The molecule has 24 heavy (non-hydrogen) atoms. The lowest BCUT2D eigenvalue weighted by atomic mass is 10.0. The van der Waals surface area contributed by atoms with Gasteiger partial charge >= 0.3 is 0 Å². The fraction of sp³-hybridized carbons (Fsp3) is 0.421. The largest absolute Gasteiger partial charge is 0.451 e. The number of fused-ring (bicyclic) bond motifs is 1. The first-order valence-electron chi connectivity index (χ1n) is 8.43. The Morgan fingerprint density at radius 2 is 1.79 bits per heavy atom. The van der Waals surface area contributed by atoms with Gasteiger partial charge in [0.1, 0.15) is 5.76 Å². The molecule has 0 unspecified atom stereocenters. The Morgan fingerprint density at radius 3 is 2.42 bits per heavy atom. The Bertz CT molecular complexity index is 698. The number of nitrogens with one attached hydrogen (secondary N) is 1. The molecule has 0 aliphatic carbocycles. The van der Waals surface area contributed by atoms with Crippen LogP contribution in [0.3, 0.4) is 0 Å². The number of furan rings is 1. The van der Waals surface area contributed by atoms with Crippen LogP contribution >= 0.6 is 12.4 Å². The number of hydrogen-bond donors (Lipinski definition) is 1. The minimum atomic E-state index is 0. The SMILES string of the molecule is CCc1ccc(-c2ccc(C(=O)N3C[C@H]4CNC[C@H]4C3)o2)cc1.Cl. The molecule has 0 saturated carbocycles. The molecule has 4 nitrogen and oxygen atoms in total. The molecular formula is C19H23ClN2O2. The standard InChI is InChI=1S/C19H22N2O2.ClH/c1-2-13-3-5-14(6-4-13)17-7-8-18(23-17)19(22)21-11-15-9-20-10-16(15)12-21;/h3-8,15-16,20H,2,9-12H2,1H3;1H/t15-,16+;. The molecule has 2 atom stereocenters. The molecule has 0 bridgehead atoms. The van der Waals surface area contributed by atoms with Gasteiger partial charge in [-0.1, -0.05) is 31.2 Å². The van der Waals surface area contributed by atoms with Gasteiger partial charge in [0.05, 0.1) is 0 Å². The molecule has 2 aromatic rings. The minimum Gasteiger partial charge on any atom is -0.451 e. The predicted molar refractivity (Wildman–Crippen MR) is 96.5 cm³/mol. The Labute approximate surface area is 148 Å². The van der Waals surface area contributed by atoms with E-state index in [1.165, 1.54) is 5.56 Å². The lowest BCUT2D eigenvalue weighted by Gasteiger charge is -2.15. The van der Waals surface area contributed by atoms with Crippen molar-refractivity contribution in [3.63, 3.8) is 0 Å². The van der Waals surface area contributed by atoms with Crippen molar-refractivity contribution in [3.8, 4) is 11.3 Å².